The van der Waals surface area contributed by atoms with E-state index in [4.69, 9.17) is 4.36 Å². The predicted molar refractivity (Wildman–Crippen MR) is 100 cm³/mol. The van der Waals surface area contributed by atoms with Gasteiger partial charge in [0.25, 0.3) is 0 Å². The quantitative estimate of drug-likeness (QED) is 0.644. The van der Waals surface area contributed by atoms with Gasteiger partial charge < -0.3 is 0 Å². The van der Waals surface area contributed by atoms with Crippen LogP contribution in [0, 0.1) is 0 Å². The fraction of sp³-hybridized carbons (Fsp3) is 0.0476. The first-order valence-corrected chi connectivity index (χ1v) is 9.76. The fourth-order valence-corrected chi connectivity index (χ4v) is 4.64. The maximum absolute atomic E-state index is 13.2. The lowest BCUT2D eigenvalue weighted by molar-refractivity contribution is 0.680. The van der Waals surface area contributed by atoms with Crippen molar-refractivity contribution in [3.05, 3.63) is 102 Å². The van der Waals surface area contributed by atoms with Crippen LogP contribution in [0.3, 0.4) is 0 Å². The van der Waals surface area contributed by atoms with Gasteiger partial charge in [-0.2, -0.15) is 4.36 Å². The maximum atomic E-state index is 13.2. The Hall–Kier alpha value is -2.65. The molecule has 24 heavy (non-hydrogen) atoms. The van der Waals surface area contributed by atoms with Crippen molar-refractivity contribution < 1.29 is 4.21 Å². The Bertz CT molecular complexity index is 1040. The second-order valence-electron chi connectivity index (χ2n) is 5.85. The largest absolute Gasteiger partial charge is 0.245 e. The average molecular weight is 331 g/mol. The second-order valence-corrected chi connectivity index (χ2v) is 8.07. The molecule has 1 heterocycles. The molecule has 0 saturated heterocycles. The fourth-order valence-electron chi connectivity index (χ4n) is 3.09. The van der Waals surface area contributed by atoms with Gasteiger partial charge in [-0.15, -0.1) is 0 Å². The third-order valence-corrected chi connectivity index (χ3v) is 5.88. The van der Waals surface area contributed by atoms with E-state index >= 15 is 0 Å². The van der Waals surface area contributed by atoms with Gasteiger partial charge in [-0.1, -0.05) is 78.9 Å². The second kappa shape index (κ2) is 5.77. The summed E-state index contributed by atoms with van der Waals surface area (Å²) in [7, 11) is -2.46. The van der Waals surface area contributed by atoms with Crippen LogP contribution in [0.5, 0.6) is 0 Å². The van der Waals surface area contributed by atoms with E-state index in [-0.39, 0.29) is 0 Å². The summed E-state index contributed by atoms with van der Waals surface area (Å²) < 4.78 is 17.9. The van der Waals surface area contributed by atoms with Gasteiger partial charge in [0, 0.05) is 23.0 Å². The minimum absolute atomic E-state index is 0.799. The van der Waals surface area contributed by atoms with Gasteiger partial charge in [-0.05, 0) is 11.6 Å². The lowest BCUT2D eigenvalue weighted by Gasteiger charge is -2.22. The van der Waals surface area contributed by atoms with E-state index in [1.807, 2.05) is 72.8 Å². The topological polar surface area (TPSA) is 29.4 Å². The smallest absolute Gasteiger partial charge is 0.0890 e. The summed E-state index contributed by atoms with van der Waals surface area (Å²) >= 11 is 0. The molecule has 2 nitrogen and oxygen atoms in total. The van der Waals surface area contributed by atoms with Crippen LogP contribution in [0.25, 0.3) is 11.3 Å². The van der Waals surface area contributed by atoms with E-state index in [0.29, 0.717) is 0 Å². The Labute approximate surface area is 142 Å². The lowest BCUT2D eigenvalue weighted by Crippen LogP contribution is -2.09. The third-order valence-electron chi connectivity index (χ3n) is 4.18. The molecule has 0 bridgehead atoms. The van der Waals surface area contributed by atoms with Crippen LogP contribution in [0.4, 0.5) is 0 Å². The van der Waals surface area contributed by atoms with E-state index in [9.17, 15) is 4.21 Å². The lowest BCUT2D eigenvalue weighted by atomic mass is 9.93. The Kier molecular flexibility index (Phi) is 3.58. The van der Waals surface area contributed by atoms with Crippen molar-refractivity contribution in [2.75, 3.05) is 6.26 Å². The molecule has 0 aliphatic carbocycles. The SMILES string of the molecule is CS1(=O)=NC(c2ccccc2)=C(c2ccccc2)c2ccccc21. The van der Waals surface area contributed by atoms with Crippen LogP contribution in [-0.2, 0) is 9.73 Å². The Balaban J connectivity index is 2.14. The van der Waals surface area contributed by atoms with Crippen molar-refractivity contribution in [2.45, 2.75) is 4.90 Å². The Morgan fingerprint density at radius 3 is 1.92 bits per heavy atom. The van der Waals surface area contributed by atoms with Crippen molar-refractivity contribution in [3.63, 3.8) is 0 Å². The molecule has 0 aromatic heterocycles. The van der Waals surface area contributed by atoms with Crippen LogP contribution >= 0.6 is 0 Å². The summed E-state index contributed by atoms with van der Waals surface area (Å²) in [4.78, 5) is 0.809. The van der Waals surface area contributed by atoms with Crippen molar-refractivity contribution in [3.8, 4) is 0 Å². The molecule has 0 N–H and O–H groups in total. The zero-order valence-corrected chi connectivity index (χ0v) is 14.2. The highest BCUT2D eigenvalue weighted by Gasteiger charge is 2.25. The highest BCUT2D eigenvalue weighted by Crippen LogP contribution is 2.41. The molecule has 3 aromatic rings. The molecule has 0 saturated carbocycles. The van der Waals surface area contributed by atoms with Crippen LogP contribution in [0.15, 0.2) is 94.2 Å². The van der Waals surface area contributed by atoms with Crippen LogP contribution in [-0.4, -0.2) is 10.5 Å². The first kappa shape index (κ1) is 14.9. The third kappa shape index (κ3) is 2.47. The Morgan fingerprint density at radius 2 is 1.25 bits per heavy atom. The molecular formula is C21H17NOS. The molecule has 3 heteroatoms. The summed E-state index contributed by atoms with van der Waals surface area (Å²) in [6.07, 6.45) is 1.72. The summed E-state index contributed by atoms with van der Waals surface area (Å²) in [6, 6.07) is 28.1. The minimum Gasteiger partial charge on any atom is -0.245 e. The molecule has 4 rings (SSSR count). The standard InChI is InChI=1S/C21H17NOS/c1-24(23)19-15-9-8-14-18(19)20(16-10-4-2-5-11-16)21(22-24)17-12-6-3-7-13-17/h2-15H,1H3. The zero-order chi connectivity index (χ0) is 16.6. The molecule has 1 unspecified atom stereocenters. The number of nitrogens with zero attached hydrogens (tertiary/aromatic N) is 1. The molecule has 118 valence electrons. The van der Waals surface area contributed by atoms with Crippen molar-refractivity contribution in [1.82, 2.24) is 0 Å². The highest BCUT2D eigenvalue weighted by molar-refractivity contribution is 7.93. The van der Waals surface area contributed by atoms with Crippen molar-refractivity contribution >= 4 is 21.0 Å². The number of benzene rings is 3. The van der Waals surface area contributed by atoms with E-state index in [1.54, 1.807) is 6.26 Å². The molecular weight excluding hydrogens is 314 g/mol. The number of hydrogen-bond donors (Lipinski definition) is 0. The van der Waals surface area contributed by atoms with Crippen LogP contribution in [0.2, 0.25) is 0 Å². The Morgan fingerprint density at radius 1 is 0.708 bits per heavy atom. The average Bonchev–Trinajstić information content (AvgIpc) is 2.63. The maximum Gasteiger partial charge on any atom is 0.0890 e. The van der Waals surface area contributed by atoms with Gasteiger partial charge in [0.2, 0.25) is 0 Å². The summed E-state index contributed by atoms with van der Waals surface area (Å²) in [5, 5.41) is 0. The molecule has 0 spiro atoms. The van der Waals surface area contributed by atoms with Crippen molar-refractivity contribution in [1.29, 1.82) is 0 Å². The van der Waals surface area contributed by atoms with Gasteiger partial charge in [0.15, 0.2) is 0 Å². The first-order valence-electron chi connectivity index (χ1n) is 7.83. The zero-order valence-electron chi connectivity index (χ0n) is 13.3. The normalized spacial score (nSPS) is 19.5. The molecule has 0 fully saturated rings. The van der Waals surface area contributed by atoms with E-state index in [0.717, 1.165) is 32.9 Å². The molecule has 1 atom stereocenters. The molecule has 0 radical (unpaired) electrons. The van der Waals surface area contributed by atoms with Gasteiger partial charge in [-0.3, -0.25) is 0 Å². The van der Waals surface area contributed by atoms with Gasteiger partial charge in [0.05, 0.1) is 20.3 Å². The van der Waals surface area contributed by atoms with Gasteiger partial charge in [-0.25, -0.2) is 4.21 Å². The summed E-state index contributed by atoms with van der Waals surface area (Å²) in [5.74, 6) is 0. The van der Waals surface area contributed by atoms with E-state index < -0.39 is 9.73 Å². The minimum atomic E-state index is -2.46. The summed E-state index contributed by atoms with van der Waals surface area (Å²) in [6.45, 7) is 0. The van der Waals surface area contributed by atoms with Crippen molar-refractivity contribution in [2.24, 2.45) is 4.36 Å². The van der Waals surface area contributed by atoms with Gasteiger partial charge in [0.1, 0.15) is 0 Å². The van der Waals surface area contributed by atoms with Crippen LogP contribution in [0.1, 0.15) is 16.7 Å². The van der Waals surface area contributed by atoms with E-state index in [2.05, 4.69) is 12.1 Å². The highest BCUT2D eigenvalue weighted by atomic mass is 32.2. The van der Waals surface area contributed by atoms with E-state index in [1.165, 1.54) is 0 Å². The monoisotopic (exact) mass is 331 g/mol. The van der Waals surface area contributed by atoms with Crippen LogP contribution < -0.4 is 0 Å². The molecule has 1 aliphatic heterocycles. The molecule has 0 amide bonds. The van der Waals surface area contributed by atoms with Gasteiger partial charge >= 0.3 is 0 Å². The summed E-state index contributed by atoms with van der Waals surface area (Å²) in [5.41, 5.74) is 4.92. The number of fused-ring (bicyclic) bond motifs is 1. The number of rotatable bonds is 2. The number of hydrogen-bond acceptors (Lipinski definition) is 2. The molecule has 3 aromatic carbocycles. The molecule has 1 aliphatic rings. The first-order chi connectivity index (χ1) is 11.7. The predicted octanol–water partition coefficient (Wildman–Crippen LogP) is 5.07.